The fourth-order valence-corrected chi connectivity index (χ4v) is 3.19. The van der Waals surface area contributed by atoms with Crippen LogP contribution in [0.15, 0.2) is 34.8 Å². The molecule has 0 radical (unpaired) electrons. The van der Waals surface area contributed by atoms with Gasteiger partial charge in [-0.3, -0.25) is 5.43 Å². The van der Waals surface area contributed by atoms with Crippen LogP contribution in [0.4, 0.5) is 0 Å². The number of nitrogens with zero attached hydrogens (tertiary/aromatic N) is 3. The minimum atomic E-state index is 0.740. The third-order valence-electron chi connectivity index (χ3n) is 3.52. The number of fused-ring (bicyclic) bond motifs is 1. The topological polar surface area (TPSA) is 70.4 Å². The van der Waals surface area contributed by atoms with Crippen LogP contribution in [0.5, 0.6) is 0 Å². The highest BCUT2D eigenvalue weighted by molar-refractivity contribution is 8.02. The summed E-state index contributed by atoms with van der Waals surface area (Å²) in [5, 5.41) is 12.2. The highest BCUT2D eigenvalue weighted by Gasteiger charge is 2.18. The van der Waals surface area contributed by atoms with Gasteiger partial charge in [0.15, 0.2) is 5.82 Å². The average molecular weight is 337 g/mol. The van der Waals surface area contributed by atoms with Gasteiger partial charge in [0, 0.05) is 22.4 Å². The molecule has 22 heavy (non-hydrogen) atoms. The van der Waals surface area contributed by atoms with Gasteiger partial charge in [0.25, 0.3) is 0 Å². The number of rotatable bonds is 6. The first-order chi connectivity index (χ1) is 10.8. The summed E-state index contributed by atoms with van der Waals surface area (Å²) in [7, 11) is 0. The summed E-state index contributed by atoms with van der Waals surface area (Å²) in [5.41, 5.74) is 9.40. The number of unbranched alkanes of at least 4 members (excludes halogenated alkanes) is 2. The number of aromatic nitrogens is 3. The van der Waals surface area contributed by atoms with Gasteiger partial charge in [-0.1, -0.05) is 35.5 Å². The molecule has 116 valence electrons. The largest absolute Gasteiger partial charge is 0.358 e. The van der Waals surface area contributed by atoms with Gasteiger partial charge in [-0.2, -0.15) is 0 Å². The first-order valence-electron chi connectivity index (χ1n) is 7.41. The molecule has 1 aliphatic heterocycles. The van der Waals surface area contributed by atoms with E-state index in [2.05, 4.69) is 26.8 Å². The Kier molecular flexibility index (Phi) is 5.02. The molecule has 2 aromatic rings. The van der Waals surface area contributed by atoms with Gasteiger partial charge in [-0.25, -0.2) is 4.68 Å². The van der Waals surface area contributed by atoms with Crippen LogP contribution < -0.4 is 11.2 Å². The second kappa shape index (κ2) is 7.17. The molecule has 0 saturated heterocycles. The second-order valence-corrected chi connectivity index (χ2v) is 6.44. The Bertz CT molecular complexity index is 665. The number of quaternary nitrogens is 1. The molecule has 0 unspecified atom stereocenters. The van der Waals surface area contributed by atoms with Crippen molar-refractivity contribution < 1.29 is 5.73 Å². The zero-order chi connectivity index (χ0) is 15.4. The fraction of sp³-hybridized carbons (Fsp3) is 0.333. The lowest BCUT2D eigenvalue weighted by molar-refractivity contribution is -0.368. The average Bonchev–Trinajstić information content (AvgIpc) is 2.95. The zero-order valence-electron chi connectivity index (χ0n) is 12.3. The number of hydrogen-bond donors (Lipinski definition) is 2. The third kappa shape index (κ3) is 3.45. The Morgan fingerprint density at radius 1 is 1.14 bits per heavy atom. The molecular weight excluding hydrogens is 318 g/mol. The van der Waals surface area contributed by atoms with Crippen LogP contribution in [-0.4, -0.2) is 21.4 Å². The van der Waals surface area contributed by atoms with Gasteiger partial charge in [-0.15, -0.1) is 10.2 Å². The monoisotopic (exact) mass is 336 g/mol. The third-order valence-corrected chi connectivity index (χ3v) is 4.60. The maximum absolute atomic E-state index is 5.95. The van der Waals surface area contributed by atoms with Crippen molar-refractivity contribution in [1.82, 2.24) is 14.9 Å². The molecule has 3 rings (SSSR count). The normalized spacial score (nSPS) is 13.5. The molecule has 0 amide bonds. The van der Waals surface area contributed by atoms with Crippen molar-refractivity contribution >= 4 is 29.1 Å². The Labute approximate surface area is 138 Å². The quantitative estimate of drug-likeness (QED) is 0.795. The van der Waals surface area contributed by atoms with Crippen molar-refractivity contribution in [1.29, 1.82) is 0 Å². The van der Waals surface area contributed by atoms with E-state index >= 15 is 0 Å². The van der Waals surface area contributed by atoms with Crippen LogP contribution in [0.2, 0.25) is 5.02 Å². The summed E-state index contributed by atoms with van der Waals surface area (Å²) in [5.74, 6) is 0.978. The molecule has 0 fully saturated rings. The maximum atomic E-state index is 5.95. The molecule has 0 spiro atoms. The summed E-state index contributed by atoms with van der Waals surface area (Å²) in [4.78, 5) is 0. The molecule has 0 saturated carbocycles. The van der Waals surface area contributed by atoms with Gasteiger partial charge in [0.1, 0.15) is 0 Å². The minimum absolute atomic E-state index is 0.740. The van der Waals surface area contributed by atoms with E-state index in [1.807, 2.05) is 28.9 Å². The zero-order valence-corrected chi connectivity index (χ0v) is 13.8. The van der Waals surface area contributed by atoms with Crippen molar-refractivity contribution in [3.63, 3.8) is 0 Å². The predicted octanol–water partition coefficient (Wildman–Crippen LogP) is 2.53. The van der Waals surface area contributed by atoms with Gasteiger partial charge < -0.3 is 5.73 Å². The summed E-state index contributed by atoms with van der Waals surface area (Å²) in [6.07, 6.45) is 4.38. The van der Waals surface area contributed by atoms with E-state index in [0.717, 1.165) is 46.7 Å². The lowest BCUT2D eigenvalue weighted by atomic mass is 10.2. The molecule has 0 bridgehead atoms. The van der Waals surface area contributed by atoms with E-state index in [9.17, 15) is 0 Å². The molecule has 5 nitrogen and oxygen atoms in total. The van der Waals surface area contributed by atoms with E-state index < -0.39 is 0 Å². The Hall–Kier alpha value is -1.50. The molecule has 7 heteroatoms. The molecule has 1 aromatic carbocycles. The van der Waals surface area contributed by atoms with Crippen LogP contribution in [0.1, 0.15) is 30.7 Å². The summed E-state index contributed by atoms with van der Waals surface area (Å²) < 4.78 is 1.98. The maximum Gasteiger partial charge on any atom is 0.214 e. The van der Waals surface area contributed by atoms with Crippen molar-refractivity contribution in [2.24, 2.45) is 0 Å². The smallest absolute Gasteiger partial charge is 0.214 e. The molecule has 1 aliphatic rings. The van der Waals surface area contributed by atoms with Crippen LogP contribution in [0, 0.1) is 0 Å². The van der Waals surface area contributed by atoms with E-state index in [1.165, 1.54) is 12.8 Å². The Morgan fingerprint density at radius 2 is 1.95 bits per heavy atom. The number of aryl methyl sites for hydroxylation is 1. The van der Waals surface area contributed by atoms with Crippen LogP contribution in [0.3, 0.4) is 0 Å². The first kappa shape index (κ1) is 15.4. The number of thioether (sulfide) groups is 1. The standard InChI is InChI=1S/C15H18ClN5S/c16-12-7-5-11(6-8-12)13-10-22-15-19-18-14(21(15)20-13)4-2-1-3-9-17/h5-8,10,20H,1-4,9,17H2/p+1. The van der Waals surface area contributed by atoms with E-state index in [-0.39, 0.29) is 0 Å². The Balaban J connectivity index is 1.71. The van der Waals surface area contributed by atoms with E-state index in [0.29, 0.717) is 0 Å². The van der Waals surface area contributed by atoms with Crippen molar-refractivity contribution in [3.8, 4) is 0 Å². The van der Waals surface area contributed by atoms with Gasteiger partial charge in [0.05, 0.1) is 12.2 Å². The number of halogens is 1. The SMILES string of the molecule is [NH3+]CCCCCc1nnc2n1NC(c1ccc(Cl)cc1)=CS2. The van der Waals surface area contributed by atoms with E-state index in [1.54, 1.807) is 11.8 Å². The number of hydrogen-bond acceptors (Lipinski definition) is 4. The molecule has 4 N–H and O–H groups in total. The highest BCUT2D eigenvalue weighted by Crippen LogP contribution is 2.29. The fourth-order valence-electron chi connectivity index (χ4n) is 2.31. The van der Waals surface area contributed by atoms with Gasteiger partial charge >= 0.3 is 0 Å². The van der Waals surface area contributed by atoms with Crippen molar-refractivity contribution in [2.75, 3.05) is 12.0 Å². The molecule has 0 atom stereocenters. The molecular formula is C15H19ClN5S+. The highest BCUT2D eigenvalue weighted by atomic mass is 35.5. The second-order valence-electron chi connectivity index (χ2n) is 5.17. The van der Waals surface area contributed by atoms with Crippen LogP contribution in [0.25, 0.3) is 5.70 Å². The lowest BCUT2D eigenvalue weighted by Gasteiger charge is -2.19. The molecule has 0 aliphatic carbocycles. The minimum Gasteiger partial charge on any atom is -0.358 e. The van der Waals surface area contributed by atoms with E-state index in [4.69, 9.17) is 11.6 Å². The van der Waals surface area contributed by atoms with Crippen LogP contribution >= 0.6 is 23.4 Å². The summed E-state index contributed by atoms with van der Waals surface area (Å²) in [6, 6.07) is 7.80. The van der Waals surface area contributed by atoms with Gasteiger partial charge in [0.2, 0.25) is 5.16 Å². The summed E-state index contributed by atoms with van der Waals surface area (Å²) in [6.45, 7) is 0.996. The van der Waals surface area contributed by atoms with Crippen molar-refractivity contribution in [3.05, 3.63) is 46.1 Å². The lowest BCUT2D eigenvalue weighted by Crippen LogP contribution is -2.50. The number of benzene rings is 1. The number of nitrogens with one attached hydrogen (secondary N) is 1. The molecule has 1 aromatic heterocycles. The first-order valence-corrected chi connectivity index (χ1v) is 8.67. The van der Waals surface area contributed by atoms with Crippen molar-refractivity contribution in [2.45, 2.75) is 30.8 Å². The van der Waals surface area contributed by atoms with Crippen LogP contribution in [-0.2, 0) is 6.42 Å². The predicted molar refractivity (Wildman–Crippen MR) is 90.0 cm³/mol. The summed E-state index contributed by atoms with van der Waals surface area (Å²) >= 11 is 7.53. The Morgan fingerprint density at radius 3 is 2.73 bits per heavy atom. The van der Waals surface area contributed by atoms with Gasteiger partial charge in [-0.05, 0) is 31.4 Å². The molecule has 2 heterocycles.